The molecule has 3 aliphatic carbocycles. The summed E-state index contributed by atoms with van der Waals surface area (Å²) in [6.07, 6.45) is 1.05. The van der Waals surface area contributed by atoms with Crippen molar-refractivity contribution in [3.8, 4) is 22.3 Å². The fraction of sp³-hybridized carbons (Fsp3) is 0.364. The van der Waals surface area contributed by atoms with Crippen LogP contribution in [0, 0.1) is 11.8 Å². The smallest absolute Gasteiger partial charge is 0.147 e. The molecule has 0 spiro atoms. The van der Waals surface area contributed by atoms with E-state index in [1.165, 1.54) is 83.3 Å². The Kier molecular flexibility index (Phi) is 10.9. The molecule has 280 valence electrons. The topological polar surface area (TPSA) is 0 Å². The Bertz CT molecular complexity index is 1910. The number of halogens is 8. The van der Waals surface area contributed by atoms with E-state index >= 15 is 0 Å². The normalized spacial score (nSPS) is 24.5. The number of benzene rings is 4. The van der Waals surface area contributed by atoms with Crippen LogP contribution in [0.4, 0.5) is 26.3 Å². The van der Waals surface area contributed by atoms with Crippen LogP contribution >= 0.6 is 24.8 Å². The molecule has 0 nitrogen and oxygen atoms in total. The molecule has 1 heterocycles. The maximum absolute atomic E-state index is 13.5. The standard InChI is InChI=1S/2C19H16F3.C6H10.2ClH.Hf/c2*1-12(2)15-10-14-4-3-5-17(18(14)11-15)13-6-8-16(9-7-13)19(20,21)22;1-2-4-6-5-3-1;;;/h2*3-12H,1-2H3;1-2H,3-6H2;2*1H;. The van der Waals surface area contributed by atoms with Gasteiger partial charge in [-0.05, 0) is 0 Å². The van der Waals surface area contributed by atoms with Gasteiger partial charge in [-0.3, -0.25) is 0 Å². The Morgan fingerprint density at radius 2 is 0.887 bits per heavy atom. The molecule has 4 atom stereocenters. The zero-order chi connectivity index (χ0) is 36.0. The molecule has 8 rings (SSSR count). The van der Waals surface area contributed by atoms with Crippen LogP contribution in [-0.4, -0.2) is 0 Å². The summed E-state index contributed by atoms with van der Waals surface area (Å²) in [6, 6.07) is 24.1. The first-order valence-electron chi connectivity index (χ1n) is 18.3. The minimum Gasteiger partial charge on any atom is -0.147 e. The van der Waals surface area contributed by atoms with Gasteiger partial charge in [0.05, 0.1) is 0 Å². The summed E-state index contributed by atoms with van der Waals surface area (Å²) in [5.74, 6) is 0.626. The summed E-state index contributed by atoms with van der Waals surface area (Å²) in [7, 11) is 0. The summed E-state index contributed by atoms with van der Waals surface area (Å²) < 4.78 is 83.2. The van der Waals surface area contributed by atoms with Crippen LogP contribution in [-0.2, 0) is 32.3 Å². The molecule has 53 heavy (non-hydrogen) atoms. The average Bonchev–Trinajstić information content (AvgIpc) is 3.36. The SMILES string of the molecule is CC(C)C1=Cc2c(-c3ccc(C(F)(F)F)cc3)cccc2[CH]1[Hf]1([CH]2C(C(C)C)=Cc3c(-c4ccc(C(F)(F)F)cc4)cccc32)[CH]2CCCC[CH]21.Cl.Cl. The average molecular weight is 936 g/mol. The van der Waals surface area contributed by atoms with Crippen molar-refractivity contribution in [1.29, 1.82) is 0 Å². The van der Waals surface area contributed by atoms with E-state index < -0.39 is 43.4 Å². The van der Waals surface area contributed by atoms with E-state index in [9.17, 15) is 26.3 Å². The number of fused-ring (bicyclic) bond motifs is 3. The molecule has 4 aliphatic rings. The number of hydrogen-bond acceptors (Lipinski definition) is 0. The summed E-state index contributed by atoms with van der Waals surface area (Å²) >= 11 is -3.61. The molecule has 0 amide bonds. The van der Waals surface area contributed by atoms with Crippen LogP contribution in [0.15, 0.2) is 96.1 Å². The number of allylic oxidation sites excluding steroid dienone is 2. The summed E-state index contributed by atoms with van der Waals surface area (Å²) in [4.78, 5) is 0. The van der Waals surface area contributed by atoms with E-state index in [0.29, 0.717) is 19.2 Å². The van der Waals surface area contributed by atoms with Gasteiger partial charge < -0.3 is 0 Å². The van der Waals surface area contributed by atoms with E-state index in [4.69, 9.17) is 0 Å². The van der Waals surface area contributed by atoms with Gasteiger partial charge in [0.15, 0.2) is 0 Å². The summed E-state index contributed by atoms with van der Waals surface area (Å²) in [6.45, 7) is 9.17. The second-order valence-electron chi connectivity index (χ2n) is 15.7. The van der Waals surface area contributed by atoms with Crippen LogP contribution in [0.25, 0.3) is 34.4 Å². The van der Waals surface area contributed by atoms with Gasteiger partial charge in [-0.15, -0.1) is 24.8 Å². The molecule has 0 radical (unpaired) electrons. The van der Waals surface area contributed by atoms with Crippen LogP contribution < -0.4 is 0 Å². The van der Waals surface area contributed by atoms with E-state index in [0.717, 1.165) is 29.6 Å². The molecular weight excluding hydrogens is 892 g/mol. The van der Waals surface area contributed by atoms with E-state index in [1.54, 1.807) is 24.3 Å². The predicted molar refractivity (Wildman–Crippen MR) is 205 cm³/mol. The quantitative estimate of drug-likeness (QED) is 0.133. The number of rotatable bonds is 6. The zero-order valence-electron chi connectivity index (χ0n) is 30.1. The third-order valence-electron chi connectivity index (χ3n) is 12.5. The molecular formula is C44H44Cl2F6Hf. The molecule has 0 aromatic heterocycles. The van der Waals surface area contributed by atoms with Gasteiger partial charge in [0.25, 0.3) is 0 Å². The molecule has 0 bridgehead atoms. The van der Waals surface area contributed by atoms with Crippen molar-refractivity contribution in [3.05, 3.63) is 129 Å². The van der Waals surface area contributed by atoms with Crippen molar-refractivity contribution >= 4 is 37.0 Å². The molecule has 2 fully saturated rings. The number of hydrogen-bond donors (Lipinski definition) is 0. The van der Waals surface area contributed by atoms with Crippen LogP contribution in [0.5, 0.6) is 0 Å². The molecule has 0 N–H and O–H groups in total. The molecule has 4 aromatic carbocycles. The Balaban J connectivity index is 0.00000240. The first kappa shape index (κ1) is 40.1. The third-order valence-corrected chi connectivity index (χ3v) is 37.1. The molecule has 1 saturated carbocycles. The summed E-state index contributed by atoms with van der Waals surface area (Å²) in [5.41, 5.74) is 10.3. The van der Waals surface area contributed by atoms with Crippen molar-refractivity contribution in [2.45, 2.75) is 80.4 Å². The monoisotopic (exact) mass is 936 g/mol. The van der Waals surface area contributed by atoms with Gasteiger partial charge >= 0.3 is 302 Å². The van der Waals surface area contributed by atoms with Crippen molar-refractivity contribution in [2.24, 2.45) is 11.8 Å². The van der Waals surface area contributed by atoms with Crippen LogP contribution in [0.3, 0.4) is 0 Å². The van der Waals surface area contributed by atoms with Crippen LogP contribution in [0.2, 0.25) is 7.35 Å². The fourth-order valence-electron chi connectivity index (χ4n) is 10.4. The fourth-order valence-corrected chi connectivity index (χ4v) is 46.7. The van der Waals surface area contributed by atoms with E-state index in [2.05, 4.69) is 76.2 Å². The van der Waals surface area contributed by atoms with Crippen molar-refractivity contribution in [1.82, 2.24) is 0 Å². The second-order valence-corrected chi connectivity index (χ2v) is 32.4. The van der Waals surface area contributed by atoms with Gasteiger partial charge in [0.1, 0.15) is 0 Å². The predicted octanol–water partition coefficient (Wildman–Crippen LogP) is 15.1. The van der Waals surface area contributed by atoms with Gasteiger partial charge in [-0.2, -0.15) is 0 Å². The van der Waals surface area contributed by atoms with Gasteiger partial charge in [0, 0.05) is 0 Å². The maximum Gasteiger partial charge on any atom is -0.147 e. The first-order chi connectivity index (χ1) is 24.2. The van der Waals surface area contributed by atoms with Crippen molar-refractivity contribution < 1.29 is 46.3 Å². The molecule has 1 aliphatic heterocycles. The maximum atomic E-state index is 13.5. The van der Waals surface area contributed by atoms with Gasteiger partial charge in [-0.1, -0.05) is 0 Å². The largest absolute Gasteiger partial charge is 0.147 e. The van der Waals surface area contributed by atoms with E-state index in [-0.39, 0.29) is 24.8 Å². The Morgan fingerprint density at radius 3 is 1.21 bits per heavy atom. The molecule has 4 aromatic rings. The minimum atomic E-state index is -4.39. The second kappa shape index (κ2) is 14.5. The Hall–Kier alpha value is -2.61. The minimum absolute atomic E-state index is 0. The molecule has 4 unspecified atom stereocenters. The Morgan fingerprint density at radius 1 is 0.528 bits per heavy atom. The van der Waals surface area contributed by atoms with Crippen LogP contribution in [0.1, 0.15) is 94.1 Å². The van der Waals surface area contributed by atoms with Crippen molar-refractivity contribution in [2.75, 3.05) is 0 Å². The Labute approximate surface area is 325 Å². The molecule has 1 saturated heterocycles. The van der Waals surface area contributed by atoms with Crippen molar-refractivity contribution in [3.63, 3.8) is 0 Å². The van der Waals surface area contributed by atoms with Gasteiger partial charge in [-0.25, -0.2) is 0 Å². The molecule has 9 heteroatoms. The zero-order valence-corrected chi connectivity index (χ0v) is 35.3. The number of alkyl halides is 6. The van der Waals surface area contributed by atoms with Gasteiger partial charge in [0.2, 0.25) is 0 Å². The van der Waals surface area contributed by atoms with E-state index in [1.807, 2.05) is 0 Å². The third kappa shape index (κ3) is 6.52. The first-order valence-corrected chi connectivity index (χ1v) is 26.6. The summed E-state index contributed by atoms with van der Waals surface area (Å²) in [5, 5.41) is 0.